The molecule has 0 aliphatic carbocycles. The highest BCUT2D eigenvalue weighted by Crippen LogP contribution is 2.34. The maximum absolute atomic E-state index is 11.0. The first-order valence-electron chi connectivity index (χ1n) is 6.16. The topological polar surface area (TPSA) is 55.8 Å². The van der Waals surface area contributed by atoms with E-state index in [4.69, 9.17) is 14.6 Å². The number of aliphatic carboxylic acids is 1. The van der Waals surface area contributed by atoms with Crippen LogP contribution >= 0.6 is 45.2 Å². The minimum absolute atomic E-state index is 0.0619. The summed E-state index contributed by atoms with van der Waals surface area (Å²) in [6.07, 6.45) is 0. The van der Waals surface area contributed by atoms with Crippen LogP contribution in [0.5, 0.6) is 17.2 Å². The van der Waals surface area contributed by atoms with E-state index in [1.54, 1.807) is 19.2 Å². The van der Waals surface area contributed by atoms with Gasteiger partial charge in [0, 0.05) is 0 Å². The number of benzene rings is 2. The molecule has 0 saturated heterocycles. The van der Waals surface area contributed by atoms with Crippen LogP contribution in [0.1, 0.15) is 5.56 Å². The molecule has 114 valence electrons. The molecule has 0 atom stereocenters. The number of methoxy groups -OCH3 is 1. The smallest absolute Gasteiger partial charge is 0.335 e. The Morgan fingerprint density at radius 2 is 1.59 bits per heavy atom. The highest BCUT2D eigenvalue weighted by atomic mass is 127. The molecule has 0 radical (unpaired) electrons. The number of hydrogen-bond donors (Lipinski definition) is 1. The number of carbonyl (C=O) groups is 1. The molecule has 0 saturated carbocycles. The zero-order valence-corrected chi connectivity index (χ0v) is 15.9. The van der Waals surface area contributed by atoms with Crippen molar-refractivity contribution in [3.05, 3.63) is 55.7 Å². The third-order valence-electron chi connectivity index (χ3n) is 2.88. The van der Waals surface area contributed by atoms with Gasteiger partial charge in [0.25, 0.3) is 0 Å². The second kappa shape index (κ2) is 7.32. The number of carboxylic acids is 1. The summed E-state index contributed by atoms with van der Waals surface area (Å²) in [5.41, 5.74) is 0.634. The Morgan fingerprint density at radius 3 is 2.05 bits per heavy atom. The van der Waals surface area contributed by atoms with Gasteiger partial charge in [0.1, 0.15) is 11.5 Å². The Kier molecular flexibility index (Phi) is 5.68. The molecule has 0 fully saturated rings. The van der Waals surface area contributed by atoms with Crippen LogP contribution < -0.4 is 9.47 Å². The van der Waals surface area contributed by atoms with E-state index in [0.717, 1.165) is 12.9 Å². The van der Waals surface area contributed by atoms with Crippen molar-refractivity contribution in [2.24, 2.45) is 0 Å². The fourth-order valence-corrected chi connectivity index (χ4v) is 3.71. The van der Waals surface area contributed by atoms with Crippen molar-refractivity contribution in [3.63, 3.8) is 0 Å². The molecule has 0 aromatic heterocycles. The first-order chi connectivity index (χ1) is 10.4. The third-order valence-corrected chi connectivity index (χ3v) is 4.49. The second-order valence-corrected chi connectivity index (χ2v) is 6.65. The normalized spacial score (nSPS) is 10.1. The van der Waals surface area contributed by atoms with Crippen molar-refractivity contribution in [1.29, 1.82) is 0 Å². The van der Waals surface area contributed by atoms with Crippen LogP contribution in [0.25, 0.3) is 5.57 Å². The summed E-state index contributed by atoms with van der Waals surface area (Å²) >= 11 is 4.24. The second-order valence-electron chi connectivity index (χ2n) is 4.33. The molecule has 6 heteroatoms. The van der Waals surface area contributed by atoms with Crippen LogP contribution in [0.15, 0.2) is 43.0 Å². The van der Waals surface area contributed by atoms with E-state index in [1.165, 1.54) is 0 Å². The van der Waals surface area contributed by atoms with E-state index in [-0.39, 0.29) is 5.57 Å². The van der Waals surface area contributed by atoms with Gasteiger partial charge in [-0.25, -0.2) is 4.79 Å². The van der Waals surface area contributed by atoms with Crippen LogP contribution in [0.3, 0.4) is 0 Å². The first-order valence-corrected chi connectivity index (χ1v) is 8.31. The van der Waals surface area contributed by atoms with Crippen LogP contribution in [0.4, 0.5) is 0 Å². The lowest BCUT2D eigenvalue weighted by Crippen LogP contribution is -2.00. The summed E-state index contributed by atoms with van der Waals surface area (Å²) in [5, 5.41) is 9.02. The van der Waals surface area contributed by atoms with Crippen LogP contribution in [0.2, 0.25) is 0 Å². The molecule has 2 rings (SSSR count). The molecule has 0 unspecified atom stereocenters. The van der Waals surface area contributed by atoms with Crippen molar-refractivity contribution in [1.82, 2.24) is 0 Å². The lowest BCUT2D eigenvalue weighted by atomic mass is 10.1. The van der Waals surface area contributed by atoms with E-state index in [9.17, 15) is 4.79 Å². The summed E-state index contributed by atoms with van der Waals surface area (Å²) in [6, 6.07) is 10.8. The van der Waals surface area contributed by atoms with Gasteiger partial charge in [-0.15, -0.1) is 0 Å². The molecule has 0 amide bonds. The van der Waals surface area contributed by atoms with Crippen molar-refractivity contribution < 1.29 is 19.4 Å². The minimum Gasteiger partial charge on any atom is -0.497 e. The van der Waals surface area contributed by atoms with Gasteiger partial charge in [0.2, 0.25) is 0 Å². The van der Waals surface area contributed by atoms with Crippen LogP contribution in [-0.2, 0) is 4.79 Å². The number of ether oxygens (including phenoxy) is 2. The van der Waals surface area contributed by atoms with Gasteiger partial charge in [0.05, 0.1) is 19.8 Å². The molecule has 0 heterocycles. The van der Waals surface area contributed by atoms with Gasteiger partial charge in [-0.2, -0.15) is 0 Å². The summed E-state index contributed by atoms with van der Waals surface area (Å²) < 4.78 is 12.6. The number of halogens is 2. The number of carboxylic acid groups (broad SMARTS) is 1. The Bertz CT molecular complexity index is 700. The maximum atomic E-state index is 11.0. The molecule has 4 nitrogen and oxygen atoms in total. The van der Waals surface area contributed by atoms with Gasteiger partial charge in [0.15, 0.2) is 5.75 Å². The largest absolute Gasteiger partial charge is 0.497 e. The fourth-order valence-electron chi connectivity index (χ4n) is 1.72. The molecule has 0 spiro atoms. The summed E-state index contributed by atoms with van der Waals surface area (Å²) in [6.45, 7) is 3.58. The standard InChI is InChI=1S/C16H12I2O4/c1-9(16(19)20)10-7-13(17)15(14(18)8-10)22-12-5-3-11(21-2)4-6-12/h3-8H,1H2,2H3,(H,19,20). The van der Waals surface area contributed by atoms with E-state index in [1.807, 2.05) is 24.3 Å². The third kappa shape index (κ3) is 3.92. The molecule has 2 aromatic rings. The highest BCUT2D eigenvalue weighted by molar-refractivity contribution is 14.1. The fraction of sp³-hybridized carbons (Fsp3) is 0.0625. The predicted octanol–water partition coefficient (Wildman–Crippen LogP) is 4.79. The molecule has 0 aliphatic heterocycles. The quantitative estimate of drug-likeness (QED) is 0.454. The Morgan fingerprint density at radius 1 is 1.09 bits per heavy atom. The lowest BCUT2D eigenvalue weighted by molar-refractivity contribution is -0.130. The average Bonchev–Trinajstić information content (AvgIpc) is 2.50. The maximum Gasteiger partial charge on any atom is 0.335 e. The van der Waals surface area contributed by atoms with Gasteiger partial charge >= 0.3 is 5.97 Å². The van der Waals surface area contributed by atoms with Crippen molar-refractivity contribution in [2.75, 3.05) is 7.11 Å². The summed E-state index contributed by atoms with van der Waals surface area (Å²) in [5.74, 6) is 1.09. The van der Waals surface area contributed by atoms with E-state index in [2.05, 4.69) is 51.8 Å². The number of hydrogen-bond acceptors (Lipinski definition) is 3. The monoisotopic (exact) mass is 522 g/mol. The SMILES string of the molecule is C=C(C(=O)O)c1cc(I)c(Oc2ccc(OC)cc2)c(I)c1. The van der Waals surface area contributed by atoms with Gasteiger partial charge < -0.3 is 14.6 Å². The van der Waals surface area contributed by atoms with E-state index < -0.39 is 5.97 Å². The Labute approximate surface area is 155 Å². The van der Waals surface area contributed by atoms with Gasteiger partial charge in [-0.3, -0.25) is 0 Å². The molecule has 22 heavy (non-hydrogen) atoms. The molecular formula is C16H12I2O4. The molecule has 2 aromatic carbocycles. The van der Waals surface area contributed by atoms with Crippen LogP contribution in [-0.4, -0.2) is 18.2 Å². The highest BCUT2D eigenvalue weighted by Gasteiger charge is 2.14. The zero-order chi connectivity index (χ0) is 16.3. The lowest BCUT2D eigenvalue weighted by Gasteiger charge is -2.12. The van der Waals surface area contributed by atoms with Gasteiger partial charge in [-0.05, 0) is 87.1 Å². The molecule has 0 bridgehead atoms. The summed E-state index contributed by atoms with van der Waals surface area (Å²) in [4.78, 5) is 11.0. The zero-order valence-electron chi connectivity index (χ0n) is 11.6. The Balaban J connectivity index is 2.31. The van der Waals surface area contributed by atoms with Crippen molar-refractivity contribution in [2.45, 2.75) is 0 Å². The molecular weight excluding hydrogens is 510 g/mol. The average molecular weight is 522 g/mol. The van der Waals surface area contributed by atoms with E-state index >= 15 is 0 Å². The molecule has 0 aliphatic rings. The van der Waals surface area contributed by atoms with Crippen LogP contribution in [0, 0.1) is 7.14 Å². The van der Waals surface area contributed by atoms with Crippen molar-refractivity contribution in [3.8, 4) is 17.2 Å². The summed E-state index contributed by atoms with van der Waals surface area (Å²) in [7, 11) is 1.61. The van der Waals surface area contributed by atoms with Crippen molar-refractivity contribution >= 4 is 56.7 Å². The predicted molar refractivity (Wildman–Crippen MR) is 102 cm³/mol. The first kappa shape index (κ1) is 17.1. The molecule has 1 N–H and O–H groups in total. The van der Waals surface area contributed by atoms with Gasteiger partial charge in [-0.1, -0.05) is 6.58 Å². The number of rotatable bonds is 5. The Hall–Kier alpha value is -1.29. The van der Waals surface area contributed by atoms with E-state index in [0.29, 0.717) is 17.1 Å². The minimum atomic E-state index is -1.03.